The molecule has 2 aliphatic rings. The maximum atomic E-state index is 5.82. The number of hydrogen-bond acceptors (Lipinski definition) is 5. The summed E-state index contributed by atoms with van der Waals surface area (Å²) >= 11 is 0. The zero-order valence-corrected chi connectivity index (χ0v) is 16.5. The Labute approximate surface area is 162 Å². The van der Waals surface area contributed by atoms with Crippen molar-refractivity contribution in [3.63, 3.8) is 0 Å². The summed E-state index contributed by atoms with van der Waals surface area (Å²) in [6, 6.07) is 4.23. The van der Waals surface area contributed by atoms with Gasteiger partial charge in [0.05, 0.1) is 31.6 Å². The fraction of sp³-hybridized carbons (Fsp3) is 0.750. The minimum atomic E-state index is 0.212. The van der Waals surface area contributed by atoms with Crippen LogP contribution < -0.4 is 10.6 Å². The van der Waals surface area contributed by atoms with E-state index < -0.39 is 0 Å². The summed E-state index contributed by atoms with van der Waals surface area (Å²) in [5, 5.41) is 6.75. The number of likely N-dealkylation sites (tertiary alicyclic amines) is 1. The van der Waals surface area contributed by atoms with Gasteiger partial charge in [0.15, 0.2) is 5.96 Å². The summed E-state index contributed by atoms with van der Waals surface area (Å²) in [6.45, 7) is 9.02. The summed E-state index contributed by atoms with van der Waals surface area (Å²) in [4.78, 5) is 7.30. The first-order valence-corrected chi connectivity index (χ1v) is 10.4. The Hall–Kier alpha value is -1.57. The van der Waals surface area contributed by atoms with Crippen LogP contribution in [-0.2, 0) is 9.47 Å². The number of hydrogen-bond donors (Lipinski definition) is 2. The van der Waals surface area contributed by atoms with Crippen molar-refractivity contribution < 1.29 is 13.9 Å². The lowest BCUT2D eigenvalue weighted by Crippen LogP contribution is -2.39. The molecule has 3 heterocycles. The molecule has 2 fully saturated rings. The van der Waals surface area contributed by atoms with Gasteiger partial charge in [0.2, 0.25) is 0 Å². The molecular weight excluding hydrogens is 344 g/mol. The fourth-order valence-electron chi connectivity index (χ4n) is 3.61. The average Bonchev–Trinajstić information content (AvgIpc) is 3.44. The molecule has 0 aromatic carbocycles. The van der Waals surface area contributed by atoms with Gasteiger partial charge in [-0.15, -0.1) is 0 Å². The van der Waals surface area contributed by atoms with Crippen LogP contribution in [0.5, 0.6) is 0 Å². The topological polar surface area (TPSA) is 71.3 Å². The highest BCUT2D eigenvalue weighted by Gasteiger charge is 2.25. The Bertz CT molecular complexity index is 537. The Morgan fingerprint density at radius 3 is 2.96 bits per heavy atom. The van der Waals surface area contributed by atoms with E-state index in [1.807, 2.05) is 6.07 Å². The summed E-state index contributed by atoms with van der Waals surface area (Å²) in [5.74, 6) is 1.86. The van der Waals surface area contributed by atoms with Gasteiger partial charge in [-0.05, 0) is 57.8 Å². The molecule has 0 radical (unpaired) electrons. The van der Waals surface area contributed by atoms with Crippen molar-refractivity contribution in [2.45, 2.75) is 44.8 Å². The van der Waals surface area contributed by atoms with Crippen molar-refractivity contribution in [3.8, 4) is 0 Å². The molecule has 2 N–H and O–H groups in total. The van der Waals surface area contributed by atoms with Crippen molar-refractivity contribution in [2.24, 2.45) is 4.99 Å². The van der Waals surface area contributed by atoms with E-state index >= 15 is 0 Å². The van der Waals surface area contributed by atoms with E-state index in [1.54, 1.807) is 6.26 Å². The molecule has 2 atom stereocenters. The molecule has 7 heteroatoms. The van der Waals surface area contributed by atoms with Crippen LogP contribution in [0.2, 0.25) is 0 Å². The molecule has 0 amide bonds. The maximum absolute atomic E-state index is 5.82. The van der Waals surface area contributed by atoms with Crippen LogP contribution in [0.15, 0.2) is 27.8 Å². The third kappa shape index (κ3) is 6.52. The van der Waals surface area contributed by atoms with Crippen LogP contribution in [0.4, 0.5) is 0 Å². The summed E-state index contributed by atoms with van der Waals surface area (Å²) in [6.07, 6.45) is 6.51. The largest absolute Gasteiger partial charge is 0.468 e. The molecule has 7 nitrogen and oxygen atoms in total. The zero-order valence-electron chi connectivity index (χ0n) is 16.5. The monoisotopic (exact) mass is 378 g/mol. The molecule has 3 rings (SSSR count). The highest BCUT2D eigenvalue weighted by molar-refractivity contribution is 5.79. The van der Waals surface area contributed by atoms with Gasteiger partial charge in [0, 0.05) is 26.3 Å². The standard InChI is InChI=1S/C20H34N4O3/c1-2-21-20(22-9-6-13-26-17-8-14-25-16-17)23-15-18(19-7-5-12-27-19)24-10-3-4-11-24/h5,7,12,17-18H,2-4,6,8-11,13-16H2,1H3,(H2,21,22,23). The lowest BCUT2D eigenvalue weighted by molar-refractivity contribution is 0.0420. The van der Waals surface area contributed by atoms with Crippen molar-refractivity contribution in [3.05, 3.63) is 24.2 Å². The molecule has 27 heavy (non-hydrogen) atoms. The molecule has 0 spiro atoms. The number of nitrogens with zero attached hydrogens (tertiary/aromatic N) is 2. The number of aliphatic imine (C=N–C) groups is 1. The van der Waals surface area contributed by atoms with Crippen LogP contribution in [0.3, 0.4) is 0 Å². The minimum Gasteiger partial charge on any atom is -0.468 e. The van der Waals surface area contributed by atoms with Crippen molar-refractivity contribution in [1.29, 1.82) is 0 Å². The molecule has 0 aliphatic carbocycles. The number of rotatable bonds is 10. The molecular formula is C20H34N4O3. The van der Waals surface area contributed by atoms with Gasteiger partial charge < -0.3 is 24.5 Å². The second-order valence-corrected chi connectivity index (χ2v) is 7.13. The Morgan fingerprint density at radius 2 is 2.26 bits per heavy atom. The van der Waals surface area contributed by atoms with E-state index in [-0.39, 0.29) is 12.1 Å². The third-order valence-corrected chi connectivity index (χ3v) is 5.07. The molecule has 1 aromatic rings. The third-order valence-electron chi connectivity index (χ3n) is 5.07. The number of guanidine groups is 1. The van der Waals surface area contributed by atoms with E-state index in [4.69, 9.17) is 18.9 Å². The fourth-order valence-corrected chi connectivity index (χ4v) is 3.61. The second-order valence-electron chi connectivity index (χ2n) is 7.13. The number of nitrogens with one attached hydrogen (secondary N) is 2. The van der Waals surface area contributed by atoms with Gasteiger partial charge in [0.25, 0.3) is 0 Å². The van der Waals surface area contributed by atoms with Gasteiger partial charge in [-0.2, -0.15) is 0 Å². The minimum absolute atomic E-state index is 0.212. The maximum Gasteiger partial charge on any atom is 0.191 e. The predicted molar refractivity (Wildman–Crippen MR) is 106 cm³/mol. The summed E-state index contributed by atoms with van der Waals surface area (Å²) in [5.41, 5.74) is 0. The van der Waals surface area contributed by atoms with E-state index in [9.17, 15) is 0 Å². The van der Waals surface area contributed by atoms with E-state index in [1.165, 1.54) is 12.8 Å². The predicted octanol–water partition coefficient (Wildman–Crippen LogP) is 2.17. The van der Waals surface area contributed by atoms with Crippen LogP contribution in [-0.4, -0.2) is 69.5 Å². The van der Waals surface area contributed by atoms with E-state index in [2.05, 4.69) is 28.5 Å². The second kappa shape index (κ2) is 11.3. The highest BCUT2D eigenvalue weighted by Crippen LogP contribution is 2.25. The van der Waals surface area contributed by atoms with Gasteiger partial charge in [-0.3, -0.25) is 9.89 Å². The van der Waals surface area contributed by atoms with Gasteiger partial charge >= 0.3 is 0 Å². The highest BCUT2D eigenvalue weighted by atomic mass is 16.5. The first kappa shape index (κ1) is 20.2. The molecule has 0 bridgehead atoms. The Morgan fingerprint density at radius 1 is 1.37 bits per heavy atom. The number of ether oxygens (including phenoxy) is 2. The molecule has 152 valence electrons. The van der Waals surface area contributed by atoms with Gasteiger partial charge in [-0.25, -0.2) is 0 Å². The summed E-state index contributed by atoms with van der Waals surface area (Å²) < 4.78 is 16.8. The average molecular weight is 379 g/mol. The summed E-state index contributed by atoms with van der Waals surface area (Å²) in [7, 11) is 0. The van der Waals surface area contributed by atoms with Crippen molar-refractivity contribution in [2.75, 3.05) is 52.5 Å². The van der Waals surface area contributed by atoms with Crippen molar-refractivity contribution >= 4 is 5.96 Å². The molecule has 2 unspecified atom stereocenters. The first-order valence-electron chi connectivity index (χ1n) is 10.4. The van der Waals surface area contributed by atoms with Crippen molar-refractivity contribution in [1.82, 2.24) is 15.5 Å². The molecule has 1 aromatic heterocycles. The molecule has 0 saturated carbocycles. The van der Waals surface area contributed by atoms with Crippen LogP contribution in [0.1, 0.15) is 44.4 Å². The van der Waals surface area contributed by atoms with Gasteiger partial charge in [0.1, 0.15) is 5.76 Å². The molecule has 2 aliphatic heterocycles. The van der Waals surface area contributed by atoms with E-state index in [0.29, 0.717) is 6.54 Å². The Balaban J connectivity index is 1.45. The number of furan rings is 1. The van der Waals surface area contributed by atoms with Gasteiger partial charge in [-0.1, -0.05) is 0 Å². The van der Waals surface area contributed by atoms with Crippen LogP contribution in [0.25, 0.3) is 0 Å². The lowest BCUT2D eigenvalue weighted by atomic mass is 10.2. The van der Waals surface area contributed by atoms with Crippen LogP contribution >= 0.6 is 0 Å². The normalized spacial score (nSPS) is 22.3. The smallest absolute Gasteiger partial charge is 0.191 e. The lowest BCUT2D eigenvalue weighted by Gasteiger charge is -2.24. The van der Waals surface area contributed by atoms with E-state index in [0.717, 1.165) is 70.6 Å². The quantitative estimate of drug-likeness (QED) is 0.369. The molecule has 2 saturated heterocycles. The zero-order chi connectivity index (χ0) is 18.7. The Kier molecular flexibility index (Phi) is 8.45. The van der Waals surface area contributed by atoms with Crippen LogP contribution in [0, 0.1) is 0 Å². The first-order chi connectivity index (χ1) is 13.4. The SMILES string of the molecule is CCNC(=NCC(c1ccco1)N1CCCC1)NCCCOC1CCOC1.